The zero-order valence-corrected chi connectivity index (χ0v) is 9.86. The highest BCUT2D eigenvalue weighted by atomic mass is 16.5. The maximum atomic E-state index is 8.66. The van der Waals surface area contributed by atoms with E-state index in [2.05, 4.69) is 22.2 Å². The van der Waals surface area contributed by atoms with Gasteiger partial charge in [-0.3, -0.25) is 0 Å². The Bertz CT molecular complexity index is 318. The van der Waals surface area contributed by atoms with Gasteiger partial charge in [0.1, 0.15) is 12.1 Å². The van der Waals surface area contributed by atoms with Crippen LogP contribution >= 0.6 is 0 Å². The van der Waals surface area contributed by atoms with E-state index < -0.39 is 0 Å². The molecule has 0 unspecified atom stereocenters. The summed E-state index contributed by atoms with van der Waals surface area (Å²) in [5.74, 6) is 1.40. The first-order valence-electron chi connectivity index (χ1n) is 5.58. The highest BCUT2D eigenvalue weighted by Crippen LogP contribution is 2.20. The molecule has 1 aromatic heterocycles. The number of aliphatic hydroxyl groups excluding tert-OH is 1. The number of aliphatic hydroxyl groups is 1. The zero-order chi connectivity index (χ0) is 11.8. The third-order valence-corrected chi connectivity index (χ3v) is 2.12. The van der Waals surface area contributed by atoms with Gasteiger partial charge < -0.3 is 15.2 Å². The summed E-state index contributed by atoms with van der Waals surface area (Å²) >= 11 is 0. The molecule has 16 heavy (non-hydrogen) atoms. The molecule has 90 valence electrons. The van der Waals surface area contributed by atoms with Crippen molar-refractivity contribution in [2.24, 2.45) is 0 Å². The third-order valence-electron chi connectivity index (χ3n) is 2.12. The minimum absolute atomic E-state index is 0.130. The topological polar surface area (TPSA) is 67.3 Å². The fourth-order valence-electron chi connectivity index (χ4n) is 1.23. The molecule has 0 aromatic carbocycles. The SMILES string of the molecule is CCCNc1ncnc(OCCCO)c1C. The molecule has 2 N–H and O–H groups in total. The molecule has 0 aliphatic rings. The fourth-order valence-corrected chi connectivity index (χ4v) is 1.23. The van der Waals surface area contributed by atoms with Gasteiger partial charge in [-0.25, -0.2) is 9.97 Å². The Morgan fingerprint density at radius 2 is 2.25 bits per heavy atom. The summed E-state index contributed by atoms with van der Waals surface area (Å²) in [6.45, 7) is 5.51. The number of hydrogen-bond acceptors (Lipinski definition) is 5. The molecular weight excluding hydrogens is 206 g/mol. The van der Waals surface area contributed by atoms with E-state index in [0.29, 0.717) is 18.9 Å². The van der Waals surface area contributed by atoms with Crippen molar-refractivity contribution < 1.29 is 9.84 Å². The van der Waals surface area contributed by atoms with Crippen LogP contribution in [0.4, 0.5) is 5.82 Å². The second kappa shape index (κ2) is 7.00. The lowest BCUT2D eigenvalue weighted by molar-refractivity contribution is 0.228. The van der Waals surface area contributed by atoms with Crippen molar-refractivity contribution in [3.8, 4) is 5.88 Å². The lowest BCUT2D eigenvalue weighted by atomic mass is 10.3. The van der Waals surface area contributed by atoms with E-state index in [4.69, 9.17) is 9.84 Å². The number of anilines is 1. The van der Waals surface area contributed by atoms with E-state index >= 15 is 0 Å². The number of rotatable bonds is 7. The van der Waals surface area contributed by atoms with Crippen LogP contribution in [-0.2, 0) is 0 Å². The van der Waals surface area contributed by atoms with E-state index in [1.165, 1.54) is 6.33 Å². The first kappa shape index (κ1) is 12.7. The Morgan fingerprint density at radius 3 is 2.94 bits per heavy atom. The summed E-state index contributed by atoms with van der Waals surface area (Å²) in [6, 6.07) is 0. The van der Waals surface area contributed by atoms with Gasteiger partial charge in [0, 0.05) is 19.6 Å². The standard InChI is InChI=1S/C11H19N3O2/c1-3-5-12-10-9(2)11(14-8-13-10)16-7-4-6-15/h8,15H,3-7H2,1-2H3,(H,12,13,14). The summed E-state index contributed by atoms with van der Waals surface area (Å²) < 4.78 is 5.45. The molecule has 5 nitrogen and oxygen atoms in total. The second-order valence-corrected chi connectivity index (χ2v) is 3.50. The number of nitrogens with zero attached hydrogens (tertiary/aromatic N) is 2. The minimum Gasteiger partial charge on any atom is -0.477 e. The Balaban J connectivity index is 2.62. The summed E-state index contributed by atoms with van der Waals surface area (Å²) in [6.07, 6.45) is 3.14. The fraction of sp³-hybridized carbons (Fsp3) is 0.636. The van der Waals surface area contributed by atoms with Gasteiger partial charge in [-0.05, 0) is 13.3 Å². The van der Waals surface area contributed by atoms with Crippen LogP contribution in [0.3, 0.4) is 0 Å². The number of ether oxygens (including phenoxy) is 1. The molecule has 1 aromatic rings. The Labute approximate surface area is 95.9 Å². The number of hydrogen-bond donors (Lipinski definition) is 2. The van der Waals surface area contributed by atoms with E-state index in [0.717, 1.165) is 24.3 Å². The normalized spacial score (nSPS) is 10.2. The van der Waals surface area contributed by atoms with Crippen LogP contribution < -0.4 is 10.1 Å². The van der Waals surface area contributed by atoms with Crippen molar-refractivity contribution in [1.29, 1.82) is 0 Å². The van der Waals surface area contributed by atoms with Gasteiger partial charge >= 0.3 is 0 Å². The van der Waals surface area contributed by atoms with E-state index in [9.17, 15) is 0 Å². The van der Waals surface area contributed by atoms with Crippen LogP contribution in [0.1, 0.15) is 25.3 Å². The van der Waals surface area contributed by atoms with Crippen molar-refractivity contribution in [3.63, 3.8) is 0 Å². The molecule has 0 saturated heterocycles. The number of aromatic nitrogens is 2. The molecule has 0 spiro atoms. The predicted molar refractivity (Wildman–Crippen MR) is 62.7 cm³/mol. The van der Waals surface area contributed by atoms with Crippen molar-refractivity contribution >= 4 is 5.82 Å². The smallest absolute Gasteiger partial charge is 0.221 e. The average Bonchev–Trinajstić information content (AvgIpc) is 2.30. The lowest BCUT2D eigenvalue weighted by Crippen LogP contribution is -2.08. The average molecular weight is 225 g/mol. The van der Waals surface area contributed by atoms with Crippen molar-refractivity contribution in [1.82, 2.24) is 9.97 Å². The maximum Gasteiger partial charge on any atom is 0.221 e. The third kappa shape index (κ3) is 3.66. The molecule has 0 saturated carbocycles. The van der Waals surface area contributed by atoms with Gasteiger partial charge in [0.15, 0.2) is 0 Å². The number of nitrogens with one attached hydrogen (secondary N) is 1. The molecule has 0 aliphatic heterocycles. The molecule has 1 heterocycles. The first-order chi connectivity index (χ1) is 7.79. The lowest BCUT2D eigenvalue weighted by Gasteiger charge is -2.11. The molecule has 5 heteroatoms. The molecule has 0 amide bonds. The van der Waals surface area contributed by atoms with Gasteiger partial charge in [0.25, 0.3) is 0 Å². The van der Waals surface area contributed by atoms with Crippen LogP contribution in [0.5, 0.6) is 5.88 Å². The first-order valence-corrected chi connectivity index (χ1v) is 5.58. The van der Waals surface area contributed by atoms with Crippen molar-refractivity contribution in [2.75, 3.05) is 25.1 Å². The highest BCUT2D eigenvalue weighted by molar-refractivity contribution is 5.47. The molecule has 0 fully saturated rings. The van der Waals surface area contributed by atoms with E-state index in [1.54, 1.807) is 0 Å². The minimum atomic E-state index is 0.130. The van der Waals surface area contributed by atoms with Gasteiger partial charge in [-0.15, -0.1) is 0 Å². The summed E-state index contributed by atoms with van der Waals surface area (Å²) in [7, 11) is 0. The predicted octanol–water partition coefficient (Wildman–Crippen LogP) is 1.37. The van der Waals surface area contributed by atoms with Gasteiger partial charge in [0.05, 0.1) is 12.2 Å². The Hall–Kier alpha value is -1.36. The van der Waals surface area contributed by atoms with Crippen LogP contribution in [0.2, 0.25) is 0 Å². The second-order valence-electron chi connectivity index (χ2n) is 3.50. The molecular formula is C11H19N3O2. The van der Waals surface area contributed by atoms with Crippen molar-refractivity contribution in [2.45, 2.75) is 26.7 Å². The largest absolute Gasteiger partial charge is 0.477 e. The van der Waals surface area contributed by atoms with Gasteiger partial charge in [0.2, 0.25) is 5.88 Å². The summed E-state index contributed by atoms with van der Waals surface area (Å²) in [5, 5.41) is 11.9. The quantitative estimate of drug-likeness (QED) is 0.686. The Morgan fingerprint density at radius 1 is 1.44 bits per heavy atom. The summed E-state index contributed by atoms with van der Waals surface area (Å²) in [4.78, 5) is 8.22. The van der Waals surface area contributed by atoms with E-state index in [1.807, 2.05) is 6.92 Å². The van der Waals surface area contributed by atoms with Gasteiger partial charge in [-0.1, -0.05) is 6.92 Å². The van der Waals surface area contributed by atoms with Crippen LogP contribution in [0.15, 0.2) is 6.33 Å². The highest BCUT2D eigenvalue weighted by Gasteiger charge is 2.06. The van der Waals surface area contributed by atoms with Crippen LogP contribution in [0, 0.1) is 6.92 Å². The van der Waals surface area contributed by atoms with E-state index in [-0.39, 0.29) is 6.61 Å². The van der Waals surface area contributed by atoms with Crippen LogP contribution in [0.25, 0.3) is 0 Å². The zero-order valence-electron chi connectivity index (χ0n) is 9.86. The maximum absolute atomic E-state index is 8.66. The molecule has 1 rings (SSSR count). The molecule has 0 aliphatic carbocycles. The summed E-state index contributed by atoms with van der Waals surface area (Å²) in [5.41, 5.74) is 0.911. The molecule has 0 atom stereocenters. The van der Waals surface area contributed by atoms with Gasteiger partial charge in [-0.2, -0.15) is 0 Å². The molecule has 0 bridgehead atoms. The Kier molecular flexibility index (Phi) is 5.56. The molecule has 0 radical (unpaired) electrons. The monoisotopic (exact) mass is 225 g/mol. The van der Waals surface area contributed by atoms with Crippen LogP contribution in [-0.4, -0.2) is 34.8 Å². The van der Waals surface area contributed by atoms with Crippen molar-refractivity contribution in [3.05, 3.63) is 11.9 Å².